The van der Waals surface area contributed by atoms with Crippen molar-refractivity contribution in [1.29, 1.82) is 0 Å². The van der Waals surface area contributed by atoms with E-state index in [4.69, 9.17) is 9.47 Å². The van der Waals surface area contributed by atoms with Gasteiger partial charge < -0.3 is 19.7 Å². The average Bonchev–Trinajstić information content (AvgIpc) is 2.45. The first-order valence-electron chi connectivity index (χ1n) is 6.14. The number of hydrogen-bond acceptors (Lipinski definition) is 3. The number of carbonyl (C=O) groups excluding carboxylic acids is 1. The van der Waals surface area contributed by atoms with Gasteiger partial charge in [-0.25, -0.2) is 4.79 Å². The van der Waals surface area contributed by atoms with E-state index in [2.05, 4.69) is 5.32 Å². The molecule has 0 aliphatic carbocycles. The fourth-order valence-electron chi connectivity index (χ4n) is 1.72. The Morgan fingerprint density at radius 2 is 2.00 bits per heavy atom. The summed E-state index contributed by atoms with van der Waals surface area (Å²) in [7, 11) is 0. The molecule has 1 N–H and O–H groups in total. The maximum Gasteiger partial charge on any atom is 0.317 e. The summed E-state index contributed by atoms with van der Waals surface area (Å²) < 4.78 is 10.7. The molecule has 1 aromatic carbocycles. The Hall–Kier alpha value is -1.75. The fourth-order valence-corrected chi connectivity index (χ4v) is 1.72. The molecule has 2 rings (SSSR count). The summed E-state index contributed by atoms with van der Waals surface area (Å²) >= 11 is 0. The van der Waals surface area contributed by atoms with Gasteiger partial charge in [-0.1, -0.05) is 18.2 Å². The zero-order valence-corrected chi connectivity index (χ0v) is 10.3. The van der Waals surface area contributed by atoms with E-state index in [0.717, 1.165) is 5.75 Å². The number of nitrogens with zero attached hydrogens (tertiary/aromatic N) is 1. The summed E-state index contributed by atoms with van der Waals surface area (Å²) in [4.78, 5) is 13.5. The van der Waals surface area contributed by atoms with E-state index in [1.54, 1.807) is 4.90 Å². The number of benzene rings is 1. The number of rotatable bonds is 4. The van der Waals surface area contributed by atoms with Crippen molar-refractivity contribution in [2.45, 2.75) is 0 Å². The standard InChI is InChI=1S/C13H18N2O3/c16-13(15-7-10-17-11-8-15)14-6-9-18-12-4-2-1-3-5-12/h1-5H,6-11H2,(H,14,16). The zero-order chi connectivity index (χ0) is 12.6. The summed E-state index contributed by atoms with van der Waals surface area (Å²) in [5.74, 6) is 0.818. The van der Waals surface area contributed by atoms with Crippen LogP contribution in [0.15, 0.2) is 30.3 Å². The largest absolute Gasteiger partial charge is 0.492 e. The highest BCUT2D eigenvalue weighted by molar-refractivity contribution is 5.74. The van der Waals surface area contributed by atoms with Crippen molar-refractivity contribution >= 4 is 6.03 Å². The molecule has 5 heteroatoms. The summed E-state index contributed by atoms with van der Waals surface area (Å²) in [6.45, 7) is 3.53. The highest BCUT2D eigenvalue weighted by Gasteiger charge is 2.15. The van der Waals surface area contributed by atoms with Crippen molar-refractivity contribution in [2.75, 3.05) is 39.5 Å². The normalized spacial score (nSPS) is 15.2. The van der Waals surface area contributed by atoms with Crippen LogP contribution in [0.2, 0.25) is 0 Å². The minimum Gasteiger partial charge on any atom is -0.492 e. The number of amides is 2. The van der Waals surface area contributed by atoms with E-state index in [9.17, 15) is 4.79 Å². The molecule has 0 atom stereocenters. The van der Waals surface area contributed by atoms with Gasteiger partial charge in [0.05, 0.1) is 19.8 Å². The van der Waals surface area contributed by atoms with Crippen LogP contribution < -0.4 is 10.1 Å². The molecule has 0 saturated carbocycles. The molecular weight excluding hydrogens is 232 g/mol. The van der Waals surface area contributed by atoms with Crippen LogP contribution >= 0.6 is 0 Å². The van der Waals surface area contributed by atoms with Crippen molar-refractivity contribution in [3.05, 3.63) is 30.3 Å². The highest BCUT2D eigenvalue weighted by atomic mass is 16.5. The number of carbonyl (C=O) groups is 1. The van der Waals surface area contributed by atoms with Crippen LogP contribution in [-0.4, -0.2) is 50.4 Å². The molecule has 0 aromatic heterocycles. The predicted octanol–water partition coefficient (Wildman–Crippen LogP) is 1.11. The molecular formula is C13H18N2O3. The first-order valence-corrected chi connectivity index (χ1v) is 6.14. The number of ether oxygens (including phenoxy) is 2. The second-order valence-electron chi connectivity index (χ2n) is 3.99. The maximum absolute atomic E-state index is 11.7. The molecule has 5 nitrogen and oxygen atoms in total. The van der Waals surface area contributed by atoms with Crippen molar-refractivity contribution in [2.24, 2.45) is 0 Å². The minimum atomic E-state index is -0.0463. The lowest BCUT2D eigenvalue weighted by molar-refractivity contribution is 0.0530. The van der Waals surface area contributed by atoms with Crippen molar-refractivity contribution in [3.63, 3.8) is 0 Å². The van der Waals surface area contributed by atoms with Gasteiger partial charge in [-0.3, -0.25) is 0 Å². The molecule has 98 valence electrons. The number of urea groups is 1. The van der Waals surface area contributed by atoms with Crippen LogP contribution in [0.5, 0.6) is 5.75 Å². The fraction of sp³-hybridized carbons (Fsp3) is 0.462. The van der Waals surface area contributed by atoms with Crippen LogP contribution in [0.25, 0.3) is 0 Å². The molecule has 1 aliphatic rings. The van der Waals surface area contributed by atoms with Crippen molar-refractivity contribution < 1.29 is 14.3 Å². The molecule has 1 aliphatic heterocycles. The summed E-state index contributed by atoms with van der Waals surface area (Å²) in [6.07, 6.45) is 0. The molecule has 0 unspecified atom stereocenters. The van der Waals surface area contributed by atoms with E-state index >= 15 is 0 Å². The zero-order valence-electron chi connectivity index (χ0n) is 10.3. The van der Waals surface area contributed by atoms with Gasteiger partial charge in [0.15, 0.2) is 0 Å². The lowest BCUT2D eigenvalue weighted by Crippen LogP contribution is -2.47. The number of hydrogen-bond donors (Lipinski definition) is 1. The topological polar surface area (TPSA) is 50.8 Å². The molecule has 2 amide bonds. The van der Waals surface area contributed by atoms with E-state index in [1.807, 2.05) is 30.3 Å². The number of morpholine rings is 1. The van der Waals surface area contributed by atoms with Crippen LogP contribution in [-0.2, 0) is 4.74 Å². The Kier molecular flexibility index (Phi) is 4.84. The predicted molar refractivity (Wildman–Crippen MR) is 67.7 cm³/mol. The maximum atomic E-state index is 11.7. The SMILES string of the molecule is O=C(NCCOc1ccccc1)N1CCOCC1. The summed E-state index contributed by atoms with van der Waals surface area (Å²) in [5.41, 5.74) is 0. The quantitative estimate of drug-likeness (QED) is 0.814. The second kappa shape index (κ2) is 6.86. The summed E-state index contributed by atoms with van der Waals surface area (Å²) in [5, 5.41) is 2.83. The second-order valence-corrected chi connectivity index (χ2v) is 3.99. The molecule has 18 heavy (non-hydrogen) atoms. The van der Waals surface area contributed by atoms with Crippen LogP contribution in [0.4, 0.5) is 4.79 Å². The van der Waals surface area contributed by atoms with Gasteiger partial charge >= 0.3 is 6.03 Å². The van der Waals surface area contributed by atoms with Gasteiger partial charge in [0.1, 0.15) is 12.4 Å². The Bertz CT molecular complexity index is 364. The highest BCUT2D eigenvalue weighted by Crippen LogP contribution is 2.07. The Morgan fingerprint density at radius 1 is 1.28 bits per heavy atom. The minimum absolute atomic E-state index is 0.0463. The average molecular weight is 250 g/mol. The first-order chi connectivity index (χ1) is 8.86. The number of para-hydroxylation sites is 1. The van der Waals surface area contributed by atoms with Crippen molar-refractivity contribution in [3.8, 4) is 5.75 Å². The van der Waals surface area contributed by atoms with Gasteiger partial charge in [-0.05, 0) is 12.1 Å². The first kappa shape index (κ1) is 12.7. The van der Waals surface area contributed by atoms with E-state index in [-0.39, 0.29) is 6.03 Å². The molecule has 0 radical (unpaired) electrons. The van der Waals surface area contributed by atoms with E-state index in [1.165, 1.54) is 0 Å². The third kappa shape index (κ3) is 3.92. The lowest BCUT2D eigenvalue weighted by atomic mass is 10.3. The molecule has 0 spiro atoms. The van der Waals surface area contributed by atoms with Gasteiger partial charge in [0.25, 0.3) is 0 Å². The number of nitrogens with one attached hydrogen (secondary N) is 1. The Labute approximate surface area is 107 Å². The Morgan fingerprint density at radius 3 is 2.72 bits per heavy atom. The smallest absolute Gasteiger partial charge is 0.317 e. The van der Waals surface area contributed by atoms with Crippen molar-refractivity contribution in [1.82, 2.24) is 10.2 Å². The van der Waals surface area contributed by atoms with Crippen LogP contribution in [0.1, 0.15) is 0 Å². The monoisotopic (exact) mass is 250 g/mol. The molecule has 1 heterocycles. The van der Waals surface area contributed by atoms with E-state index in [0.29, 0.717) is 39.5 Å². The van der Waals surface area contributed by atoms with Crippen LogP contribution in [0, 0.1) is 0 Å². The third-order valence-corrected chi connectivity index (χ3v) is 2.69. The Balaban J connectivity index is 1.61. The molecule has 1 fully saturated rings. The third-order valence-electron chi connectivity index (χ3n) is 2.69. The van der Waals surface area contributed by atoms with Gasteiger partial charge in [-0.2, -0.15) is 0 Å². The molecule has 1 aromatic rings. The summed E-state index contributed by atoms with van der Waals surface area (Å²) in [6, 6.07) is 9.51. The molecule has 1 saturated heterocycles. The van der Waals surface area contributed by atoms with Gasteiger partial charge in [0.2, 0.25) is 0 Å². The van der Waals surface area contributed by atoms with E-state index < -0.39 is 0 Å². The van der Waals surface area contributed by atoms with Gasteiger partial charge in [0, 0.05) is 13.1 Å². The lowest BCUT2D eigenvalue weighted by Gasteiger charge is -2.26. The van der Waals surface area contributed by atoms with Crippen LogP contribution in [0.3, 0.4) is 0 Å². The van der Waals surface area contributed by atoms with Gasteiger partial charge in [-0.15, -0.1) is 0 Å². The molecule has 0 bridgehead atoms.